The third-order valence-corrected chi connectivity index (χ3v) is 3.05. The van der Waals surface area contributed by atoms with E-state index in [0.717, 1.165) is 0 Å². The van der Waals surface area contributed by atoms with Gasteiger partial charge in [0.25, 0.3) is 0 Å². The van der Waals surface area contributed by atoms with Crippen LogP contribution < -0.4 is 5.32 Å². The van der Waals surface area contributed by atoms with E-state index in [-0.39, 0.29) is 0 Å². The number of benzene rings is 2. The van der Waals surface area contributed by atoms with Crippen LogP contribution in [0.25, 0.3) is 11.1 Å². The number of hydrogen-bond donors (Lipinski definition) is 1. The molecule has 2 aromatic carbocycles. The molecule has 0 amide bonds. The molecule has 0 aliphatic heterocycles. The number of anilines is 1. The quantitative estimate of drug-likeness (QED) is 0.810. The Morgan fingerprint density at radius 2 is 1.59 bits per heavy atom. The van der Waals surface area contributed by atoms with Gasteiger partial charge in [-0.1, -0.05) is 62.4 Å². The van der Waals surface area contributed by atoms with Gasteiger partial charge in [0.15, 0.2) is 0 Å². The molecule has 1 N–H and O–H groups in total. The minimum atomic E-state index is 0.529. The van der Waals surface area contributed by atoms with Crippen LogP contribution in [-0.4, -0.2) is 7.05 Å². The Bertz CT molecular complexity index is 486. The number of rotatable bonds is 3. The summed E-state index contributed by atoms with van der Waals surface area (Å²) in [5, 5.41) is 3.34. The van der Waals surface area contributed by atoms with Crippen molar-refractivity contribution in [2.24, 2.45) is 0 Å². The third kappa shape index (κ3) is 2.33. The monoisotopic (exact) mass is 225 g/mol. The lowest BCUT2D eigenvalue weighted by molar-refractivity contribution is 0.869. The van der Waals surface area contributed by atoms with Gasteiger partial charge in [0.1, 0.15) is 0 Å². The van der Waals surface area contributed by atoms with Crippen molar-refractivity contribution in [3.05, 3.63) is 54.1 Å². The molecule has 1 heteroatoms. The Labute approximate surface area is 103 Å². The lowest BCUT2D eigenvalue weighted by atomic mass is 9.94. The summed E-state index contributed by atoms with van der Waals surface area (Å²) in [4.78, 5) is 0. The molecule has 0 radical (unpaired) electrons. The van der Waals surface area contributed by atoms with Crippen LogP contribution in [0.3, 0.4) is 0 Å². The Kier molecular flexibility index (Phi) is 3.48. The first-order chi connectivity index (χ1) is 8.24. The normalized spacial score (nSPS) is 10.6. The summed E-state index contributed by atoms with van der Waals surface area (Å²) in [6, 6.07) is 17.0. The summed E-state index contributed by atoms with van der Waals surface area (Å²) in [6.07, 6.45) is 0. The predicted molar refractivity (Wildman–Crippen MR) is 75.5 cm³/mol. The lowest BCUT2D eigenvalue weighted by Crippen LogP contribution is -1.99. The van der Waals surface area contributed by atoms with Crippen LogP contribution >= 0.6 is 0 Å². The minimum Gasteiger partial charge on any atom is -0.387 e. The average molecular weight is 225 g/mol. The van der Waals surface area contributed by atoms with Gasteiger partial charge in [-0.05, 0) is 17.0 Å². The molecular weight excluding hydrogens is 206 g/mol. The minimum absolute atomic E-state index is 0.529. The highest BCUT2D eigenvalue weighted by atomic mass is 14.8. The average Bonchev–Trinajstić information content (AvgIpc) is 2.38. The van der Waals surface area contributed by atoms with E-state index in [0.29, 0.717) is 5.92 Å². The van der Waals surface area contributed by atoms with Crippen molar-refractivity contribution in [3.63, 3.8) is 0 Å². The molecule has 0 atom stereocenters. The van der Waals surface area contributed by atoms with Crippen molar-refractivity contribution >= 4 is 5.69 Å². The van der Waals surface area contributed by atoms with E-state index in [9.17, 15) is 0 Å². The van der Waals surface area contributed by atoms with Gasteiger partial charge in [0.2, 0.25) is 0 Å². The van der Waals surface area contributed by atoms with Crippen molar-refractivity contribution < 1.29 is 0 Å². The van der Waals surface area contributed by atoms with E-state index in [2.05, 4.69) is 67.7 Å². The van der Waals surface area contributed by atoms with Crippen molar-refractivity contribution in [1.82, 2.24) is 0 Å². The van der Waals surface area contributed by atoms with Gasteiger partial charge < -0.3 is 5.32 Å². The van der Waals surface area contributed by atoms with Gasteiger partial charge in [-0.25, -0.2) is 0 Å². The molecule has 0 unspecified atom stereocenters. The summed E-state index contributed by atoms with van der Waals surface area (Å²) in [5.41, 5.74) is 5.15. The number of hydrogen-bond acceptors (Lipinski definition) is 1. The van der Waals surface area contributed by atoms with Crippen molar-refractivity contribution in [3.8, 4) is 11.1 Å². The molecule has 0 bridgehead atoms. The van der Waals surface area contributed by atoms with Crippen molar-refractivity contribution in [2.45, 2.75) is 19.8 Å². The largest absolute Gasteiger partial charge is 0.387 e. The zero-order valence-electron chi connectivity index (χ0n) is 10.7. The fourth-order valence-corrected chi connectivity index (χ4v) is 2.19. The van der Waals surface area contributed by atoms with Crippen LogP contribution in [0.5, 0.6) is 0 Å². The van der Waals surface area contributed by atoms with E-state index in [4.69, 9.17) is 0 Å². The Morgan fingerprint density at radius 1 is 0.882 bits per heavy atom. The molecule has 0 saturated heterocycles. The Balaban J connectivity index is 2.59. The van der Waals surface area contributed by atoms with Gasteiger partial charge in [-0.15, -0.1) is 0 Å². The highest BCUT2D eigenvalue weighted by Gasteiger charge is 2.10. The van der Waals surface area contributed by atoms with Crippen LogP contribution in [0, 0.1) is 0 Å². The van der Waals surface area contributed by atoms with Gasteiger partial charge in [-0.3, -0.25) is 0 Å². The van der Waals surface area contributed by atoms with Crippen LogP contribution in [0.2, 0.25) is 0 Å². The number of para-hydroxylation sites is 1. The molecule has 0 fully saturated rings. The van der Waals surface area contributed by atoms with Gasteiger partial charge in [0.05, 0.1) is 0 Å². The van der Waals surface area contributed by atoms with Gasteiger partial charge >= 0.3 is 0 Å². The standard InChI is InChI=1S/C16H19N/c1-12(2)14-10-7-11-15(16(14)17-3)13-8-5-4-6-9-13/h4-12,17H,1-3H3. The molecule has 2 aromatic rings. The zero-order chi connectivity index (χ0) is 12.3. The SMILES string of the molecule is CNc1c(-c2ccccc2)cccc1C(C)C. The van der Waals surface area contributed by atoms with Crippen LogP contribution in [0.4, 0.5) is 5.69 Å². The maximum Gasteiger partial charge on any atom is 0.0452 e. The second-order valence-electron chi connectivity index (χ2n) is 4.54. The predicted octanol–water partition coefficient (Wildman–Crippen LogP) is 4.52. The topological polar surface area (TPSA) is 12.0 Å². The Hall–Kier alpha value is -1.76. The molecule has 88 valence electrons. The molecule has 0 spiro atoms. The molecule has 17 heavy (non-hydrogen) atoms. The molecule has 2 rings (SSSR count). The van der Waals surface area contributed by atoms with Crippen molar-refractivity contribution in [1.29, 1.82) is 0 Å². The maximum absolute atomic E-state index is 3.34. The van der Waals surface area contributed by atoms with Crippen molar-refractivity contribution in [2.75, 3.05) is 12.4 Å². The maximum atomic E-state index is 3.34. The third-order valence-electron chi connectivity index (χ3n) is 3.05. The van der Waals surface area contributed by atoms with Crippen LogP contribution in [-0.2, 0) is 0 Å². The summed E-state index contributed by atoms with van der Waals surface area (Å²) < 4.78 is 0. The van der Waals surface area contributed by atoms with Crippen LogP contribution in [0.15, 0.2) is 48.5 Å². The highest BCUT2D eigenvalue weighted by Crippen LogP contribution is 2.34. The molecule has 1 nitrogen and oxygen atoms in total. The number of nitrogens with one attached hydrogen (secondary N) is 1. The molecular formula is C16H19N. The first-order valence-corrected chi connectivity index (χ1v) is 6.10. The summed E-state index contributed by atoms with van der Waals surface area (Å²) in [5.74, 6) is 0.529. The molecule has 0 aromatic heterocycles. The first-order valence-electron chi connectivity index (χ1n) is 6.10. The lowest BCUT2D eigenvalue weighted by Gasteiger charge is -2.17. The molecule has 0 heterocycles. The highest BCUT2D eigenvalue weighted by molar-refractivity contribution is 5.80. The van der Waals surface area contributed by atoms with Gasteiger partial charge in [-0.2, -0.15) is 0 Å². The smallest absolute Gasteiger partial charge is 0.0452 e. The van der Waals surface area contributed by atoms with Gasteiger partial charge in [0, 0.05) is 18.3 Å². The summed E-state index contributed by atoms with van der Waals surface area (Å²) >= 11 is 0. The first kappa shape index (κ1) is 11.7. The van der Waals surface area contributed by atoms with E-state index >= 15 is 0 Å². The Morgan fingerprint density at radius 3 is 2.18 bits per heavy atom. The summed E-state index contributed by atoms with van der Waals surface area (Å²) in [6.45, 7) is 4.45. The second-order valence-corrected chi connectivity index (χ2v) is 4.54. The fraction of sp³-hybridized carbons (Fsp3) is 0.250. The van der Waals surface area contributed by atoms with E-state index in [1.807, 2.05) is 7.05 Å². The van der Waals surface area contributed by atoms with Crippen LogP contribution in [0.1, 0.15) is 25.3 Å². The second kappa shape index (κ2) is 5.05. The van der Waals surface area contributed by atoms with E-state index < -0.39 is 0 Å². The molecule has 0 aliphatic rings. The molecule has 0 aliphatic carbocycles. The fourth-order valence-electron chi connectivity index (χ4n) is 2.19. The summed E-state index contributed by atoms with van der Waals surface area (Å²) in [7, 11) is 1.99. The zero-order valence-corrected chi connectivity index (χ0v) is 10.7. The van der Waals surface area contributed by atoms with E-state index in [1.54, 1.807) is 0 Å². The van der Waals surface area contributed by atoms with E-state index in [1.165, 1.54) is 22.4 Å². The molecule has 0 saturated carbocycles.